The van der Waals surface area contributed by atoms with Crippen LogP contribution in [0, 0.1) is 5.92 Å². The normalized spacial score (nSPS) is 18.1. The lowest BCUT2D eigenvalue weighted by Crippen LogP contribution is -2.16. The number of carboxylic acids is 1. The summed E-state index contributed by atoms with van der Waals surface area (Å²) in [5.74, 6) is -0.180. The molecule has 0 radical (unpaired) electrons. The third-order valence-corrected chi connectivity index (χ3v) is 2.41. The fourth-order valence-corrected chi connectivity index (χ4v) is 1.68. The van der Waals surface area contributed by atoms with Crippen LogP contribution in [-0.2, 0) is 9.59 Å². The zero-order valence-electron chi connectivity index (χ0n) is 7.81. The Labute approximate surface area is 86.4 Å². The van der Waals surface area contributed by atoms with Gasteiger partial charge in [-0.25, -0.2) is 4.79 Å². The molecule has 0 bridgehead atoms. The Morgan fingerprint density at radius 3 is 2.73 bits per heavy atom. The van der Waals surface area contributed by atoms with Crippen molar-refractivity contribution in [3.63, 3.8) is 0 Å². The highest BCUT2D eigenvalue weighted by Gasteiger charge is 2.26. The van der Waals surface area contributed by atoms with Gasteiger partial charge in [0.2, 0.25) is 0 Å². The van der Waals surface area contributed by atoms with Crippen LogP contribution in [0.25, 0.3) is 11.6 Å². The number of hydrogen-bond acceptors (Lipinski definition) is 2. The highest BCUT2D eigenvalue weighted by Crippen LogP contribution is 2.31. The molecule has 2 rings (SSSR count). The van der Waals surface area contributed by atoms with Crippen molar-refractivity contribution in [1.29, 1.82) is 0 Å². The molecule has 0 saturated heterocycles. The predicted molar refractivity (Wildman–Crippen MR) is 55.7 cm³/mol. The van der Waals surface area contributed by atoms with Crippen molar-refractivity contribution in [1.82, 2.24) is 0 Å². The van der Waals surface area contributed by atoms with E-state index < -0.39 is 11.9 Å². The Bertz CT molecular complexity index is 493. The van der Waals surface area contributed by atoms with Crippen molar-refractivity contribution >= 4 is 23.6 Å². The van der Waals surface area contributed by atoms with Crippen molar-refractivity contribution in [3.8, 4) is 0 Å². The lowest BCUT2D eigenvalue weighted by Gasteiger charge is -2.16. The van der Waals surface area contributed by atoms with Gasteiger partial charge in [0.1, 0.15) is 11.9 Å². The number of aliphatic carboxylic acids is 1. The highest BCUT2D eigenvalue weighted by molar-refractivity contribution is 6.03. The SMILES string of the molecule is O=C=C1c2ccccc2C=CC1C(=O)O. The van der Waals surface area contributed by atoms with E-state index in [1.165, 1.54) is 6.08 Å². The van der Waals surface area contributed by atoms with Gasteiger partial charge in [-0.2, -0.15) is 0 Å². The number of hydrogen-bond donors (Lipinski definition) is 1. The van der Waals surface area contributed by atoms with Gasteiger partial charge in [0.25, 0.3) is 0 Å². The second-order valence-corrected chi connectivity index (χ2v) is 3.28. The first-order valence-corrected chi connectivity index (χ1v) is 4.49. The monoisotopic (exact) mass is 200 g/mol. The van der Waals surface area contributed by atoms with Gasteiger partial charge >= 0.3 is 5.97 Å². The van der Waals surface area contributed by atoms with Gasteiger partial charge in [-0.3, -0.25) is 4.79 Å². The maximum absolute atomic E-state index is 10.9. The summed E-state index contributed by atoms with van der Waals surface area (Å²) in [7, 11) is 0. The zero-order valence-corrected chi connectivity index (χ0v) is 7.81. The summed E-state index contributed by atoms with van der Waals surface area (Å²) in [6.45, 7) is 0. The molecule has 0 spiro atoms. The van der Waals surface area contributed by atoms with Gasteiger partial charge in [0.15, 0.2) is 0 Å². The van der Waals surface area contributed by atoms with E-state index in [1.807, 2.05) is 12.1 Å². The molecule has 1 atom stereocenters. The Morgan fingerprint density at radius 2 is 2.07 bits per heavy atom. The molecule has 0 aromatic heterocycles. The largest absolute Gasteiger partial charge is 0.481 e. The van der Waals surface area contributed by atoms with Gasteiger partial charge in [-0.15, -0.1) is 0 Å². The van der Waals surface area contributed by atoms with E-state index in [1.54, 1.807) is 24.2 Å². The fourth-order valence-electron chi connectivity index (χ4n) is 1.68. The molecule has 3 heteroatoms. The molecule has 1 aliphatic rings. The third-order valence-electron chi connectivity index (χ3n) is 2.41. The molecule has 1 unspecified atom stereocenters. The average Bonchev–Trinajstić information content (AvgIpc) is 2.27. The van der Waals surface area contributed by atoms with E-state index in [0.29, 0.717) is 5.56 Å². The van der Waals surface area contributed by atoms with Crippen molar-refractivity contribution in [2.45, 2.75) is 0 Å². The number of rotatable bonds is 1. The summed E-state index contributed by atoms with van der Waals surface area (Å²) in [5.41, 5.74) is 1.70. The van der Waals surface area contributed by atoms with Crippen molar-refractivity contribution in [2.75, 3.05) is 0 Å². The van der Waals surface area contributed by atoms with Gasteiger partial charge in [-0.05, 0) is 11.1 Å². The van der Waals surface area contributed by atoms with E-state index in [2.05, 4.69) is 0 Å². The number of carboxylic acid groups (broad SMARTS) is 1. The van der Waals surface area contributed by atoms with E-state index in [0.717, 1.165) is 5.56 Å². The highest BCUT2D eigenvalue weighted by atomic mass is 16.4. The number of carbonyl (C=O) groups excluding carboxylic acids is 1. The Morgan fingerprint density at radius 1 is 1.33 bits per heavy atom. The quantitative estimate of drug-likeness (QED) is 0.701. The molecular formula is C12H8O3. The molecular weight excluding hydrogens is 192 g/mol. The van der Waals surface area contributed by atoms with E-state index in [-0.39, 0.29) is 5.57 Å². The molecule has 0 aliphatic heterocycles. The molecule has 0 saturated carbocycles. The van der Waals surface area contributed by atoms with Gasteiger partial charge in [0.05, 0.1) is 5.57 Å². The van der Waals surface area contributed by atoms with Crippen LogP contribution < -0.4 is 0 Å². The van der Waals surface area contributed by atoms with Crippen LogP contribution in [0.1, 0.15) is 11.1 Å². The van der Waals surface area contributed by atoms with Crippen molar-refractivity contribution in [3.05, 3.63) is 41.5 Å². The summed E-state index contributed by atoms with van der Waals surface area (Å²) < 4.78 is 0. The van der Waals surface area contributed by atoms with Crippen molar-refractivity contribution in [2.24, 2.45) is 5.92 Å². The van der Waals surface area contributed by atoms with Gasteiger partial charge in [0, 0.05) is 0 Å². The molecule has 0 fully saturated rings. The van der Waals surface area contributed by atoms with Crippen LogP contribution in [0.2, 0.25) is 0 Å². The molecule has 15 heavy (non-hydrogen) atoms. The summed E-state index contributed by atoms with van der Waals surface area (Å²) in [6.07, 6.45) is 3.22. The lowest BCUT2D eigenvalue weighted by atomic mass is 9.85. The first kappa shape index (κ1) is 9.44. The Hall–Kier alpha value is -2.12. The zero-order chi connectivity index (χ0) is 10.8. The van der Waals surface area contributed by atoms with Crippen LogP contribution in [0.5, 0.6) is 0 Å². The first-order chi connectivity index (χ1) is 7.24. The first-order valence-electron chi connectivity index (χ1n) is 4.49. The van der Waals surface area contributed by atoms with E-state index in [9.17, 15) is 9.59 Å². The van der Waals surface area contributed by atoms with E-state index in [4.69, 9.17) is 5.11 Å². The van der Waals surface area contributed by atoms with E-state index >= 15 is 0 Å². The average molecular weight is 200 g/mol. The second kappa shape index (κ2) is 3.56. The second-order valence-electron chi connectivity index (χ2n) is 3.28. The van der Waals surface area contributed by atoms with Crippen LogP contribution in [0.3, 0.4) is 0 Å². The standard InChI is InChI=1S/C12H8O3/c13-7-11-9-4-2-1-3-8(9)5-6-10(11)12(14)15/h1-6,10H,(H,14,15). The maximum Gasteiger partial charge on any atom is 0.315 e. The lowest BCUT2D eigenvalue weighted by molar-refractivity contribution is -0.138. The van der Waals surface area contributed by atoms with Crippen LogP contribution in [0.15, 0.2) is 30.3 Å². The molecule has 74 valence electrons. The summed E-state index contributed by atoms with van der Waals surface area (Å²) in [6, 6.07) is 7.18. The van der Waals surface area contributed by atoms with Crippen LogP contribution in [0.4, 0.5) is 0 Å². The smallest absolute Gasteiger partial charge is 0.315 e. The molecule has 1 aromatic carbocycles. The maximum atomic E-state index is 10.9. The third kappa shape index (κ3) is 1.49. The summed E-state index contributed by atoms with van der Waals surface area (Å²) >= 11 is 0. The summed E-state index contributed by atoms with van der Waals surface area (Å²) in [4.78, 5) is 21.7. The minimum Gasteiger partial charge on any atom is -0.481 e. The van der Waals surface area contributed by atoms with Gasteiger partial charge in [-0.1, -0.05) is 36.4 Å². The predicted octanol–water partition coefficient (Wildman–Crippen LogP) is 1.63. The minimum atomic E-state index is -1.03. The molecule has 0 amide bonds. The molecule has 1 N–H and O–H groups in total. The van der Waals surface area contributed by atoms with Crippen LogP contribution in [-0.4, -0.2) is 17.0 Å². The molecule has 0 heterocycles. The Balaban J connectivity index is 2.61. The number of fused-ring (bicyclic) bond motifs is 1. The van der Waals surface area contributed by atoms with Crippen LogP contribution >= 0.6 is 0 Å². The fraction of sp³-hybridized carbons (Fsp3) is 0.0833. The number of carbonyl (C=O) groups is 1. The topological polar surface area (TPSA) is 54.4 Å². The molecule has 3 nitrogen and oxygen atoms in total. The molecule has 1 aromatic rings. The number of benzene rings is 1. The van der Waals surface area contributed by atoms with Crippen molar-refractivity contribution < 1.29 is 14.7 Å². The molecule has 1 aliphatic carbocycles. The minimum absolute atomic E-state index is 0.195. The van der Waals surface area contributed by atoms with Gasteiger partial charge < -0.3 is 5.11 Å². The summed E-state index contributed by atoms with van der Waals surface area (Å²) in [5, 5.41) is 8.91. The Kier molecular flexibility index (Phi) is 2.24.